The van der Waals surface area contributed by atoms with Gasteiger partial charge in [-0.25, -0.2) is 17.6 Å². The van der Waals surface area contributed by atoms with E-state index >= 15 is 0 Å². The second-order valence-corrected chi connectivity index (χ2v) is 13.7. The lowest BCUT2D eigenvalue weighted by atomic mass is 9.98. The zero-order chi connectivity index (χ0) is 40.3. The van der Waals surface area contributed by atoms with E-state index in [9.17, 15) is 56.2 Å². The molecule has 1 aromatic rings. The van der Waals surface area contributed by atoms with Crippen LogP contribution in [-0.4, -0.2) is 101 Å². The third-order valence-electron chi connectivity index (χ3n) is 8.33. The van der Waals surface area contributed by atoms with E-state index in [4.69, 9.17) is 17.2 Å². The van der Waals surface area contributed by atoms with Gasteiger partial charge in [0.2, 0.25) is 41.4 Å². The van der Waals surface area contributed by atoms with Crippen molar-refractivity contribution >= 4 is 41.4 Å². The molecule has 1 aliphatic heterocycles. The van der Waals surface area contributed by atoms with Crippen molar-refractivity contribution in [1.82, 2.24) is 26.2 Å². The quantitative estimate of drug-likeness (QED) is 0.0462. The van der Waals surface area contributed by atoms with Crippen LogP contribution in [0.1, 0.15) is 65.4 Å². The number of rotatable bonds is 19. The molecule has 11 N–H and O–H groups in total. The van der Waals surface area contributed by atoms with Crippen LogP contribution in [0.25, 0.3) is 0 Å². The van der Waals surface area contributed by atoms with Gasteiger partial charge in [-0.05, 0) is 49.1 Å². The molecule has 0 saturated carbocycles. The molecular weight excluding hydrogens is 712 g/mol. The first kappa shape index (κ1) is 44.3. The Bertz CT molecular complexity index is 1550. The number of nitrogens with two attached hydrogens (primary N) is 3. The fraction of sp³-hybridized carbons (Fsp3) is 0.606. The van der Waals surface area contributed by atoms with Crippen LogP contribution < -0.4 is 38.5 Å². The lowest BCUT2D eigenvalue weighted by Gasteiger charge is -2.30. The third-order valence-corrected chi connectivity index (χ3v) is 8.33. The topological polar surface area (TPSA) is 269 Å². The number of amides is 7. The Morgan fingerprint density at radius 2 is 1.26 bits per heavy atom. The minimum Gasteiger partial charge on any atom is -0.394 e. The van der Waals surface area contributed by atoms with E-state index < -0.39 is 126 Å². The normalized spacial score (nSPS) is 17.1. The second kappa shape index (κ2) is 19.8. The van der Waals surface area contributed by atoms with E-state index in [0.29, 0.717) is 6.42 Å². The predicted molar refractivity (Wildman–Crippen MR) is 179 cm³/mol. The molecule has 1 aromatic carbocycles. The summed E-state index contributed by atoms with van der Waals surface area (Å²) >= 11 is 0. The van der Waals surface area contributed by atoms with Crippen LogP contribution in [0.3, 0.4) is 0 Å². The number of carbonyl (C=O) groups excluding carboxylic acids is 7. The van der Waals surface area contributed by atoms with Crippen LogP contribution in [0, 0.1) is 35.1 Å². The number of nitrogens with zero attached hydrogens (tertiary/aromatic N) is 1. The molecule has 16 nitrogen and oxygen atoms in total. The lowest BCUT2D eigenvalue weighted by Crippen LogP contribution is -2.60. The van der Waals surface area contributed by atoms with Gasteiger partial charge >= 0.3 is 0 Å². The van der Waals surface area contributed by atoms with Gasteiger partial charge in [-0.3, -0.25) is 33.6 Å². The standard InChI is InChI=1S/C33H48F4N8O8/c1-14(2)8-19(43-32(52)21(41-29(49)18(38)13-46)11-16-10-17(34)26(36)27(37)25(16)35)30(50)42-20(9-15(3)4)31(51)44-22(12-24(39)47)33(53)45-7-5-6-23(45)28(40)48/h10,14-15,18-23,46H,5-9,11-13,38H2,1-4H3,(H2,39,47)(H2,40,48)(H,41,49)(H,42,50)(H,43,52)(H,44,51)/t18-,19-,20-,21-,22-,23-/m0/s1. The first-order valence-corrected chi connectivity index (χ1v) is 17.0. The van der Waals surface area contributed by atoms with Crippen LogP contribution in [0.15, 0.2) is 6.07 Å². The highest BCUT2D eigenvalue weighted by molar-refractivity contribution is 5.98. The van der Waals surface area contributed by atoms with Gasteiger partial charge in [0, 0.05) is 13.0 Å². The van der Waals surface area contributed by atoms with Gasteiger partial charge in [-0.15, -0.1) is 0 Å². The van der Waals surface area contributed by atoms with Gasteiger partial charge in [-0.1, -0.05) is 27.7 Å². The summed E-state index contributed by atoms with van der Waals surface area (Å²) in [6.45, 7) is 6.05. The SMILES string of the molecule is CC(C)C[C@H](NC(=O)[C@H](Cc1cc(F)c(F)c(F)c1F)NC(=O)[C@@H](N)CO)C(=O)N[C@@H](CC(C)C)C(=O)N[C@@H](CC(N)=O)C(=O)N1CCC[C@H]1C(N)=O. The van der Waals surface area contributed by atoms with Crippen LogP contribution in [0.2, 0.25) is 0 Å². The van der Waals surface area contributed by atoms with Crippen LogP contribution in [0.5, 0.6) is 0 Å². The maximum absolute atomic E-state index is 14.6. The molecule has 7 amide bonds. The summed E-state index contributed by atoms with van der Waals surface area (Å²) in [6.07, 6.45) is -0.965. The molecule has 0 unspecified atom stereocenters. The number of carbonyl (C=O) groups is 7. The number of halogens is 4. The molecule has 2 rings (SSSR count). The van der Waals surface area contributed by atoms with E-state index in [-0.39, 0.29) is 43.7 Å². The van der Waals surface area contributed by atoms with E-state index in [1.807, 2.05) is 0 Å². The monoisotopic (exact) mass is 760 g/mol. The Hall–Kier alpha value is -4.85. The molecule has 0 spiro atoms. The van der Waals surface area contributed by atoms with Crippen LogP contribution in [0.4, 0.5) is 17.6 Å². The van der Waals surface area contributed by atoms with Gasteiger partial charge in [0.1, 0.15) is 36.3 Å². The van der Waals surface area contributed by atoms with Crippen molar-refractivity contribution in [3.8, 4) is 0 Å². The molecule has 53 heavy (non-hydrogen) atoms. The second-order valence-electron chi connectivity index (χ2n) is 13.7. The van der Waals surface area contributed by atoms with Gasteiger partial charge < -0.3 is 48.5 Å². The fourth-order valence-electron chi connectivity index (χ4n) is 5.71. The summed E-state index contributed by atoms with van der Waals surface area (Å²) in [5.41, 5.74) is 15.4. The summed E-state index contributed by atoms with van der Waals surface area (Å²) in [5.74, 6) is -15.1. The average Bonchev–Trinajstić information content (AvgIpc) is 3.57. The Labute approximate surface area is 303 Å². The molecule has 1 heterocycles. The van der Waals surface area contributed by atoms with E-state index in [0.717, 1.165) is 4.90 Å². The van der Waals surface area contributed by atoms with Crippen LogP contribution >= 0.6 is 0 Å². The summed E-state index contributed by atoms with van der Waals surface area (Å²) in [4.78, 5) is 91.8. The molecule has 20 heteroatoms. The smallest absolute Gasteiger partial charge is 0.246 e. The molecule has 1 saturated heterocycles. The Morgan fingerprint density at radius 1 is 0.774 bits per heavy atom. The number of hydrogen-bond acceptors (Lipinski definition) is 9. The number of aliphatic hydroxyl groups excluding tert-OH is 1. The Morgan fingerprint density at radius 3 is 1.74 bits per heavy atom. The summed E-state index contributed by atoms with van der Waals surface area (Å²) in [7, 11) is 0. The molecule has 0 aliphatic carbocycles. The summed E-state index contributed by atoms with van der Waals surface area (Å²) in [5, 5.41) is 18.7. The summed E-state index contributed by atoms with van der Waals surface area (Å²) in [6, 6.07) is -8.47. The average molecular weight is 761 g/mol. The fourth-order valence-corrected chi connectivity index (χ4v) is 5.71. The van der Waals surface area contributed by atoms with E-state index in [1.54, 1.807) is 27.7 Å². The molecule has 0 radical (unpaired) electrons. The Balaban J connectivity index is 2.39. The maximum Gasteiger partial charge on any atom is 0.246 e. The van der Waals surface area contributed by atoms with Gasteiger partial charge in [0.15, 0.2) is 23.3 Å². The zero-order valence-corrected chi connectivity index (χ0v) is 29.8. The van der Waals surface area contributed by atoms with Crippen molar-refractivity contribution in [2.24, 2.45) is 29.0 Å². The molecule has 6 atom stereocenters. The van der Waals surface area contributed by atoms with Crippen molar-refractivity contribution in [1.29, 1.82) is 0 Å². The van der Waals surface area contributed by atoms with Crippen molar-refractivity contribution in [2.75, 3.05) is 13.2 Å². The Kier molecular flexibility index (Phi) is 16.6. The zero-order valence-electron chi connectivity index (χ0n) is 29.8. The minimum atomic E-state index is -2.17. The largest absolute Gasteiger partial charge is 0.394 e. The molecule has 0 bridgehead atoms. The number of benzene rings is 1. The summed E-state index contributed by atoms with van der Waals surface area (Å²) < 4.78 is 56.2. The first-order valence-electron chi connectivity index (χ1n) is 17.0. The van der Waals surface area contributed by atoms with Crippen LogP contribution in [-0.2, 0) is 40.0 Å². The lowest BCUT2D eigenvalue weighted by molar-refractivity contribution is -0.142. The van der Waals surface area contributed by atoms with Gasteiger partial charge in [0.05, 0.1) is 13.0 Å². The van der Waals surface area contributed by atoms with Crippen molar-refractivity contribution in [3.63, 3.8) is 0 Å². The number of likely N-dealkylation sites (tertiary alicyclic amines) is 1. The molecular formula is C33H48F4N8O8. The van der Waals surface area contributed by atoms with E-state index in [2.05, 4.69) is 21.3 Å². The van der Waals surface area contributed by atoms with E-state index in [1.165, 1.54) is 0 Å². The van der Waals surface area contributed by atoms with Crippen molar-refractivity contribution < 1.29 is 56.2 Å². The minimum absolute atomic E-state index is 0.0102. The predicted octanol–water partition coefficient (Wildman–Crippen LogP) is -1.51. The number of primary amides is 2. The number of nitrogens with one attached hydrogen (secondary N) is 4. The number of aliphatic hydroxyl groups is 1. The highest BCUT2D eigenvalue weighted by Crippen LogP contribution is 2.21. The first-order chi connectivity index (χ1) is 24.7. The molecule has 0 aromatic heterocycles. The number of hydrogen-bond donors (Lipinski definition) is 8. The molecule has 1 aliphatic rings. The van der Waals surface area contributed by atoms with Gasteiger partial charge in [-0.2, -0.15) is 0 Å². The van der Waals surface area contributed by atoms with Crippen molar-refractivity contribution in [2.45, 2.75) is 102 Å². The molecule has 296 valence electrons. The molecule has 1 fully saturated rings. The van der Waals surface area contributed by atoms with Gasteiger partial charge in [0.25, 0.3) is 0 Å². The maximum atomic E-state index is 14.6. The van der Waals surface area contributed by atoms with Crippen molar-refractivity contribution in [3.05, 3.63) is 34.9 Å². The third kappa shape index (κ3) is 12.7. The highest BCUT2D eigenvalue weighted by atomic mass is 19.2. The highest BCUT2D eigenvalue weighted by Gasteiger charge is 2.39.